The molecular formula is C16H17BrN2. The first-order valence-electron chi connectivity index (χ1n) is 6.59. The Morgan fingerprint density at radius 1 is 1.16 bits per heavy atom. The number of fused-ring (bicyclic) bond motifs is 1. The number of nitrogens with zero attached hydrogens (tertiary/aromatic N) is 1. The fourth-order valence-corrected chi connectivity index (χ4v) is 3.18. The van der Waals surface area contributed by atoms with Crippen LogP contribution in [0.15, 0.2) is 46.9 Å². The van der Waals surface area contributed by atoms with E-state index in [0.717, 1.165) is 28.7 Å². The van der Waals surface area contributed by atoms with E-state index in [9.17, 15) is 0 Å². The van der Waals surface area contributed by atoms with E-state index < -0.39 is 0 Å². The maximum atomic E-state index is 6.20. The van der Waals surface area contributed by atoms with Crippen LogP contribution in [0.4, 0.5) is 17.1 Å². The van der Waals surface area contributed by atoms with Crippen LogP contribution < -0.4 is 10.6 Å². The molecule has 2 aromatic rings. The van der Waals surface area contributed by atoms with Crippen molar-refractivity contribution >= 4 is 33.0 Å². The number of halogens is 1. The molecule has 19 heavy (non-hydrogen) atoms. The van der Waals surface area contributed by atoms with Gasteiger partial charge in [-0.1, -0.05) is 34.1 Å². The molecule has 1 heterocycles. The molecule has 1 aliphatic rings. The van der Waals surface area contributed by atoms with Crippen LogP contribution in [0.1, 0.15) is 18.9 Å². The van der Waals surface area contributed by atoms with Gasteiger partial charge < -0.3 is 10.6 Å². The van der Waals surface area contributed by atoms with E-state index in [2.05, 4.69) is 64.2 Å². The van der Waals surface area contributed by atoms with E-state index in [4.69, 9.17) is 5.73 Å². The Hall–Kier alpha value is -1.48. The van der Waals surface area contributed by atoms with Gasteiger partial charge in [-0.3, -0.25) is 0 Å². The highest BCUT2D eigenvalue weighted by molar-refractivity contribution is 9.10. The Kier molecular flexibility index (Phi) is 3.23. The number of para-hydroxylation sites is 1. The lowest BCUT2D eigenvalue weighted by Gasteiger charge is -2.37. The maximum absolute atomic E-state index is 6.20. The van der Waals surface area contributed by atoms with E-state index in [1.807, 2.05) is 6.07 Å². The highest BCUT2D eigenvalue weighted by Gasteiger charge is 2.25. The van der Waals surface area contributed by atoms with Gasteiger partial charge in [0, 0.05) is 16.2 Å². The number of hydrogen-bond acceptors (Lipinski definition) is 2. The summed E-state index contributed by atoms with van der Waals surface area (Å²) in [5.41, 5.74) is 10.8. The molecule has 2 nitrogen and oxygen atoms in total. The summed E-state index contributed by atoms with van der Waals surface area (Å²) in [5, 5.41) is 0. The molecule has 0 fully saturated rings. The summed E-state index contributed by atoms with van der Waals surface area (Å²) in [5.74, 6) is 0. The van der Waals surface area contributed by atoms with Crippen LogP contribution in [0.2, 0.25) is 0 Å². The van der Waals surface area contributed by atoms with Crippen LogP contribution in [-0.2, 0) is 6.42 Å². The minimum Gasteiger partial charge on any atom is -0.397 e. The molecule has 0 saturated carbocycles. The first-order valence-corrected chi connectivity index (χ1v) is 7.38. The molecule has 3 rings (SSSR count). The monoisotopic (exact) mass is 316 g/mol. The zero-order valence-electron chi connectivity index (χ0n) is 10.9. The summed E-state index contributed by atoms with van der Waals surface area (Å²) in [7, 11) is 0. The number of nitrogen functional groups attached to an aromatic ring is 1. The molecule has 0 bridgehead atoms. The SMILES string of the molecule is CC1CCc2ccccc2N1c1ccc(Br)cc1N. The zero-order chi connectivity index (χ0) is 13.4. The van der Waals surface area contributed by atoms with Gasteiger partial charge in [-0.05, 0) is 49.6 Å². The Labute approximate surface area is 122 Å². The van der Waals surface area contributed by atoms with Crippen molar-refractivity contribution in [3.8, 4) is 0 Å². The maximum Gasteiger partial charge on any atom is 0.0647 e. The second-order valence-corrected chi connectivity index (χ2v) is 6.01. The first-order chi connectivity index (χ1) is 9.16. The molecule has 0 amide bonds. The van der Waals surface area contributed by atoms with Crippen molar-refractivity contribution in [2.75, 3.05) is 10.6 Å². The van der Waals surface area contributed by atoms with Crippen LogP contribution in [0.25, 0.3) is 0 Å². The second-order valence-electron chi connectivity index (χ2n) is 5.09. The average Bonchev–Trinajstić information content (AvgIpc) is 2.40. The standard InChI is InChI=1S/C16H17BrN2/c1-11-6-7-12-4-2-3-5-15(12)19(11)16-9-8-13(17)10-14(16)18/h2-5,8-11H,6-7,18H2,1H3. The van der Waals surface area contributed by atoms with Crippen LogP contribution in [-0.4, -0.2) is 6.04 Å². The van der Waals surface area contributed by atoms with Crippen molar-refractivity contribution in [3.05, 3.63) is 52.5 Å². The molecule has 2 N–H and O–H groups in total. The van der Waals surface area contributed by atoms with Gasteiger partial charge in [0.05, 0.1) is 11.4 Å². The minimum absolute atomic E-state index is 0.471. The predicted octanol–water partition coefficient (Wildman–Crippen LogP) is 4.50. The molecule has 3 heteroatoms. The van der Waals surface area contributed by atoms with E-state index in [-0.39, 0.29) is 0 Å². The van der Waals surface area contributed by atoms with Crippen LogP contribution in [0, 0.1) is 0 Å². The largest absolute Gasteiger partial charge is 0.397 e. The van der Waals surface area contributed by atoms with Crippen molar-refractivity contribution in [1.29, 1.82) is 0 Å². The Morgan fingerprint density at radius 3 is 2.74 bits per heavy atom. The smallest absolute Gasteiger partial charge is 0.0647 e. The predicted molar refractivity (Wildman–Crippen MR) is 84.9 cm³/mol. The lowest BCUT2D eigenvalue weighted by molar-refractivity contribution is 0.618. The third-order valence-corrected chi connectivity index (χ3v) is 4.27. The molecule has 0 saturated heterocycles. The van der Waals surface area contributed by atoms with Crippen molar-refractivity contribution in [3.63, 3.8) is 0 Å². The quantitative estimate of drug-likeness (QED) is 0.785. The van der Waals surface area contributed by atoms with Gasteiger partial charge in [-0.25, -0.2) is 0 Å². The van der Waals surface area contributed by atoms with Crippen LogP contribution in [0.3, 0.4) is 0 Å². The topological polar surface area (TPSA) is 29.3 Å². The molecule has 0 radical (unpaired) electrons. The number of aryl methyl sites for hydroxylation is 1. The zero-order valence-corrected chi connectivity index (χ0v) is 12.5. The van der Waals surface area contributed by atoms with Crippen LogP contribution >= 0.6 is 15.9 Å². The summed E-state index contributed by atoms with van der Waals surface area (Å²) >= 11 is 3.47. The summed E-state index contributed by atoms with van der Waals surface area (Å²) in [6.07, 6.45) is 2.30. The Morgan fingerprint density at radius 2 is 1.95 bits per heavy atom. The molecular weight excluding hydrogens is 300 g/mol. The van der Waals surface area contributed by atoms with Gasteiger partial charge in [0.2, 0.25) is 0 Å². The van der Waals surface area contributed by atoms with E-state index in [1.54, 1.807) is 0 Å². The summed E-state index contributed by atoms with van der Waals surface area (Å²) in [6.45, 7) is 2.26. The molecule has 0 aliphatic carbocycles. The summed E-state index contributed by atoms with van der Waals surface area (Å²) < 4.78 is 1.02. The molecule has 0 aromatic heterocycles. The van der Waals surface area contributed by atoms with Gasteiger partial charge in [0.15, 0.2) is 0 Å². The van der Waals surface area contributed by atoms with Crippen molar-refractivity contribution in [2.24, 2.45) is 0 Å². The minimum atomic E-state index is 0.471. The van der Waals surface area contributed by atoms with Gasteiger partial charge in [-0.15, -0.1) is 0 Å². The fourth-order valence-electron chi connectivity index (χ4n) is 2.80. The highest BCUT2D eigenvalue weighted by Crippen LogP contribution is 2.39. The van der Waals surface area contributed by atoms with E-state index >= 15 is 0 Å². The van der Waals surface area contributed by atoms with Gasteiger partial charge >= 0.3 is 0 Å². The highest BCUT2D eigenvalue weighted by atomic mass is 79.9. The van der Waals surface area contributed by atoms with E-state index in [1.165, 1.54) is 11.3 Å². The molecule has 1 aliphatic heterocycles. The summed E-state index contributed by atoms with van der Waals surface area (Å²) in [6, 6.07) is 15.2. The third kappa shape index (κ3) is 2.23. The van der Waals surface area contributed by atoms with E-state index in [0.29, 0.717) is 6.04 Å². The fraction of sp³-hybridized carbons (Fsp3) is 0.250. The Balaban J connectivity index is 2.13. The second kappa shape index (κ2) is 4.89. The molecule has 1 atom stereocenters. The lowest BCUT2D eigenvalue weighted by atomic mass is 9.95. The number of hydrogen-bond donors (Lipinski definition) is 1. The third-order valence-electron chi connectivity index (χ3n) is 3.77. The normalized spacial score (nSPS) is 18.2. The summed E-state index contributed by atoms with van der Waals surface area (Å²) in [4.78, 5) is 2.36. The van der Waals surface area contributed by atoms with Crippen molar-refractivity contribution in [2.45, 2.75) is 25.8 Å². The number of rotatable bonds is 1. The average molecular weight is 317 g/mol. The molecule has 2 aromatic carbocycles. The van der Waals surface area contributed by atoms with Crippen molar-refractivity contribution in [1.82, 2.24) is 0 Å². The number of benzene rings is 2. The molecule has 1 unspecified atom stereocenters. The van der Waals surface area contributed by atoms with Crippen LogP contribution in [0.5, 0.6) is 0 Å². The van der Waals surface area contributed by atoms with Gasteiger partial charge in [0.25, 0.3) is 0 Å². The number of anilines is 3. The first kappa shape index (κ1) is 12.5. The molecule has 0 spiro atoms. The Bertz CT molecular complexity index is 609. The van der Waals surface area contributed by atoms with Gasteiger partial charge in [-0.2, -0.15) is 0 Å². The van der Waals surface area contributed by atoms with Gasteiger partial charge in [0.1, 0.15) is 0 Å². The number of nitrogens with two attached hydrogens (primary N) is 1. The molecule has 98 valence electrons. The van der Waals surface area contributed by atoms with Crippen molar-refractivity contribution < 1.29 is 0 Å². The lowest BCUT2D eigenvalue weighted by Crippen LogP contribution is -2.33.